The molecule has 12 heteroatoms. The molecule has 0 radical (unpaired) electrons. The summed E-state index contributed by atoms with van der Waals surface area (Å²) in [6, 6.07) is -0.810. The zero-order chi connectivity index (χ0) is 26.2. The molecular formula is C23H38N2O10. The number of nitrogens with one attached hydrogen (secondary N) is 2. The van der Waals surface area contributed by atoms with Crippen molar-refractivity contribution in [3.63, 3.8) is 0 Å². The van der Waals surface area contributed by atoms with E-state index in [4.69, 9.17) is 33.2 Å². The Balaban J connectivity index is 1.70. The summed E-state index contributed by atoms with van der Waals surface area (Å²) in [5.41, 5.74) is -0.650. The van der Waals surface area contributed by atoms with Crippen molar-refractivity contribution in [1.82, 2.24) is 10.6 Å². The Morgan fingerprint density at radius 1 is 0.943 bits per heavy atom. The van der Waals surface area contributed by atoms with Gasteiger partial charge in [-0.15, -0.1) is 0 Å². The van der Waals surface area contributed by atoms with E-state index in [1.165, 1.54) is 7.11 Å². The third kappa shape index (κ3) is 7.26. The van der Waals surface area contributed by atoms with E-state index in [0.29, 0.717) is 0 Å². The van der Waals surface area contributed by atoms with Crippen LogP contribution >= 0.6 is 0 Å². The number of esters is 1. The van der Waals surface area contributed by atoms with Gasteiger partial charge in [-0.2, -0.15) is 0 Å². The number of carbonyl (C=O) groups is 3. The third-order valence-electron chi connectivity index (χ3n) is 5.57. The highest BCUT2D eigenvalue weighted by molar-refractivity contribution is 5.78. The highest BCUT2D eigenvalue weighted by atomic mass is 16.9. The van der Waals surface area contributed by atoms with Crippen molar-refractivity contribution < 1.29 is 47.5 Å². The molecule has 12 nitrogen and oxygen atoms in total. The summed E-state index contributed by atoms with van der Waals surface area (Å²) in [4.78, 5) is 36.8. The molecule has 0 aromatic rings. The predicted molar refractivity (Wildman–Crippen MR) is 120 cm³/mol. The second-order valence-corrected chi connectivity index (χ2v) is 10.8. The van der Waals surface area contributed by atoms with Gasteiger partial charge in [-0.05, 0) is 48.5 Å². The van der Waals surface area contributed by atoms with E-state index < -0.39 is 71.9 Å². The van der Waals surface area contributed by atoms with E-state index in [9.17, 15) is 14.4 Å². The smallest absolute Gasteiger partial charge is 0.407 e. The normalized spacial score (nSPS) is 31.6. The van der Waals surface area contributed by atoms with Crippen LogP contribution in [0.2, 0.25) is 0 Å². The third-order valence-corrected chi connectivity index (χ3v) is 5.57. The number of amides is 2. The van der Waals surface area contributed by atoms with Crippen LogP contribution in [0.15, 0.2) is 0 Å². The van der Waals surface area contributed by atoms with E-state index in [1.807, 2.05) is 0 Å². The van der Waals surface area contributed by atoms with Crippen molar-refractivity contribution in [2.75, 3.05) is 13.7 Å². The minimum Gasteiger partial charge on any atom is -0.469 e. The van der Waals surface area contributed by atoms with E-state index in [2.05, 4.69) is 10.6 Å². The predicted octanol–water partition coefficient (Wildman–Crippen LogP) is 1.35. The van der Waals surface area contributed by atoms with E-state index in [-0.39, 0.29) is 19.4 Å². The molecule has 0 bridgehead atoms. The van der Waals surface area contributed by atoms with Crippen molar-refractivity contribution >= 4 is 18.0 Å². The Kier molecular flexibility index (Phi) is 8.02. The Bertz CT molecular complexity index is 809. The molecule has 0 aliphatic carbocycles. The van der Waals surface area contributed by atoms with Gasteiger partial charge in [0.05, 0.1) is 19.6 Å². The fraction of sp³-hybridized carbons (Fsp3) is 0.870. The molecule has 3 rings (SSSR count). The molecule has 200 valence electrons. The van der Waals surface area contributed by atoms with Crippen LogP contribution in [0.4, 0.5) is 4.79 Å². The van der Waals surface area contributed by atoms with Crippen LogP contribution in [0.5, 0.6) is 0 Å². The minimum atomic E-state index is -0.931. The first-order valence-corrected chi connectivity index (χ1v) is 11.8. The molecule has 3 saturated heterocycles. The Morgan fingerprint density at radius 3 is 2.17 bits per heavy atom. The van der Waals surface area contributed by atoms with Gasteiger partial charge in [0, 0.05) is 13.0 Å². The van der Waals surface area contributed by atoms with Crippen molar-refractivity contribution in [2.24, 2.45) is 0 Å². The van der Waals surface area contributed by atoms with Crippen LogP contribution in [-0.4, -0.2) is 85.5 Å². The quantitative estimate of drug-likeness (QED) is 0.490. The summed E-state index contributed by atoms with van der Waals surface area (Å²) in [6.07, 6.45) is -4.12. The van der Waals surface area contributed by atoms with E-state index in [1.54, 1.807) is 48.5 Å². The lowest BCUT2D eigenvalue weighted by Gasteiger charge is -2.40. The molecular weight excluding hydrogens is 464 g/mol. The SMILES string of the molecule is COC(=O)C[C@@H](NC(=O)CCNC(=O)OC(C)(C)C)[C@H]1O[C@@H]2OC(C)(C)O[C@@H]2[C@H]2OC(C)(C)O[C@H]21. The number of rotatable bonds is 7. The maximum absolute atomic E-state index is 12.7. The summed E-state index contributed by atoms with van der Waals surface area (Å²) >= 11 is 0. The van der Waals surface area contributed by atoms with Crippen molar-refractivity contribution in [3.05, 3.63) is 0 Å². The summed E-state index contributed by atoms with van der Waals surface area (Å²) in [5.74, 6) is -2.77. The molecule has 35 heavy (non-hydrogen) atoms. The molecule has 3 fully saturated rings. The molecule has 0 aromatic carbocycles. The standard InChI is InChI=1S/C23H38N2O10/c1-21(2,3)35-20(28)24-10-9-13(26)25-12(11-14(27)29-8)15-16-17(32-22(4,5)31-16)18-19(30-15)34-23(6,7)33-18/h12,15-19H,9-11H2,1-8H3,(H,24,28)(H,25,26)/t12-,15-,16+,17+,18-,19-/m1/s1. The number of ether oxygens (including phenoxy) is 7. The molecule has 0 saturated carbocycles. The maximum Gasteiger partial charge on any atom is 0.407 e. The summed E-state index contributed by atoms with van der Waals surface area (Å²) in [6.45, 7) is 12.4. The van der Waals surface area contributed by atoms with Crippen LogP contribution in [-0.2, 0) is 42.7 Å². The fourth-order valence-corrected chi connectivity index (χ4v) is 4.35. The molecule has 0 spiro atoms. The largest absolute Gasteiger partial charge is 0.469 e. The number of alkyl carbamates (subject to hydrolysis) is 1. The lowest BCUT2D eigenvalue weighted by atomic mass is 9.92. The number of carbonyl (C=O) groups excluding carboxylic acids is 3. The maximum atomic E-state index is 12.7. The fourth-order valence-electron chi connectivity index (χ4n) is 4.35. The topological polar surface area (TPSA) is 140 Å². The molecule has 6 atom stereocenters. The Morgan fingerprint density at radius 2 is 1.54 bits per heavy atom. The van der Waals surface area contributed by atoms with Gasteiger partial charge in [0.25, 0.3) is 0 Å². The second-order valence-electron chi connectivity index (χ2n) is 10.8. The van der Waals surface area contributed by atoms with Gasteiger partial charge < -0.3 is 43.8 Å². The van der Waals surface area contributed by atoms with Gasteiger partial charge in [-0.3, -0.25) is 9.59 Å². The van der Waals surface area contributed by atoms with Crippen molar-refractivity contribution in [2.45, 2.75) is 115 Å². The summed E-state index contributed by atoms with van der Waals surface area (Å²) < 4.78 is 40.3. The molecule has 0 aromatic heterocycles. The Labute approximate surface area is 205 Å². The molecule has 0 unspecified atom stereocenters. The first-order chi connectivity index (χ1) is 16.1. The molecule has 3 heterocycles. The van der Waals surface area contributed by atoms with Gasteiger partial charge in [-0.1, -0.05) is 0 Å². The van der Waals surface area contributed by atoms with Crippen molar-refractivity contribution in [1.29, 1.82) is 0 Å². The summed E-state index contributed by atoms with van der Waals surface area (Å²) in [5, 5.41) is 5.36. The van der Waals surface area contributed by atoms with Crippen LogP contribution < -0.4 is 10.6 Å². The number of hydrogen-bond donors (Lipinski definition) is 2. The molecule has 2 N–H and O–H groups in total. The van der Waals surface area contributed by atoms with Crippen LogP contribution in [0, 0.1) is 0 Å². The number of hydrogen-bond acceptors (Lipinski definition) is 10. The zero-order valence-electron chi connectivity index (χ0n) is 21.7. The summed E-state index contributed by atoms with van der Waals surface area (Å²) in [7, 11) is 1.27. The molecule has 2 amide bonds. The van der Waals surface area contributed by atoms with Crippen LogP contribution in [0.3, 0.4) is 0 Å². The molecule has 3 aliphatic heterocycles. The van der Waals surface area contributed by atoms with Gasteiger partial charge in [0.2, 0.25) is 5.91 Å². The zero-order valence-corrected chi connectivity index (χ0v) is 21.7. The number of methoxy groups -OCH3 is 1. The second kappa shape index (κ2) is 10.2. The lowest BCUT2D eigenvalue weighted by Crippen LogP contribution is -2.62. The van der Waals surface area contributed by atoms with Gasteiger partial charge in [0.1, 0.15) is 30.0 Å². The average molecular weight is 503 g/mol. The average Bonchev–Trinajstić information content (AvgIpc) is 3.19. The number of fused-ring (bicyclic) bond motifs is 3. The minimum absolute atomic E-state index is 0.0424. The van der Waals surface area contributed by atoms with E-state index in [0.717, 1.165) is 0 Å². The highest BCUT2D eigenvalue weighted by Crippen LogP contribution is 2.45. The van der Waals surface area contributed by atoms with Crippen LogP contribution in [0.1, 0.15) is 61.3 Å². The van der Waals surface area contributed by atoms with Gasteiger partial charge in [-0.25, -0.2) is 4.79 Å². The first-order valence-electron chi connectivity index (χ1n) is 11.8. The molecule has 3 aliphatic rings. The monoisotopic (exact) mass is 502 g/mol. The van der Waals surface area contributed by atoms with Crippen LogP contribution in [0.25, 0.3) is 0 Å². The van der Waals surface area contributed by atoms with E-state index >= 15 is 0 Å². The first kappa shape index (κ1) is 27.6. The Hall–Kier alpha value is -1.99. The van der Waals surface area contributed by atoms with Crippen molar-refractivity contribution in [3.8, 4) is 0 Å². The van der Waals surface area contributed by atoms with Gasteiger partial charge in [0.15, 0.2) is 17.9 Å². The lowest BCUT2D eigenvalue weighted by molar-refractivity contribution is -0.240. The van der Waals surface area contributed by atoms with Gasteiger partial charge >= 0.3 is 12.1 Å². The highest BCUT2D eigenvalue weighted by Gasteiger charge is 2.62.